The van der Waals surface area contributed by atoms with Crippen LogP contribution in [0.15, 0.2) is 86.5 Å². The molecule has 0 radical (unpaired) electrons. The van der Waals surface area contributed by atoms with Crippen molar-refractivity contribution >= 4 is 33.6 Å². The number of allylic oxidation sites excluding steroid dienone is 11. The van der Waals surface area contributed by atoms with Crippen LogP contribution in [0.25, 0.3) is 6.08 Å². The van der Waals surface area contributed by atoms with E-state index in [4.69, 9.17) is 0 Å². The molecule has 0 saturated heterocycles. The van der Waals surface area contributed by atoms with Gasteiger partial charge in [0.1, 0.15) is 0 Å². The molecule has 2 nitrogen and oxygen atoms in total. The average Bonchev–Trinajstić information content (AvgIpc) is 2.98. The molecule has 0 spiro atoms. The van der Waals surface area contributed by atoms with Crippen molar-refractivity contribution in [3.63, 3.8) is 0 Å². The lowest BCUT2D eigenvalue weighted by atomic mass is 9.65. The molecule has 1 aromatic rings. The first-order chi connectivity index (χ1) is 12.4. The van der Waals surface area contributed by atoms with Gasteiger partial charge in [-0.3, -0.25) is 9.59 Å². The molecule has 26 heavy (non-hydrogen) atoms. The van der Waals surface area contributed by atoms with Crippen molar-refractivity contribution in [2.45, 2.75) is 19.3 Å². The molecule has 0 saturated carbocycles. The predicted molar refractivity (Wildman–Crippen MR) is 106 cm³/mol. The van der Waals surface area contributed by atoms with Crippen LogP contribution in [0.2, 0.25) is 0 Å². The average molecular weight is 403 g/mol. The van der Waals surface area contributed by atoms with Crippen molar-refractivity contribution in [1.82, 2.24) is 0 Å². The van der Waals surface area contributed by atoms with E-state index in [1.807, 2.05) is 30.4 Å². The van der Waals surface area contributed by atoms with Crippen LogP contribution in [-0.4, -0.2) is 11.6 Å². The topological polar surface area (TPSA) is 34.1 Å². The van der Waals surface area contributed by atoms with Crippen LogP contribution in [0.5, 0.6) is 0 Å². The number of ketones is 2. The van der Waals surface area contributed by atoms with Gasteiger partial charge in [-0.15, -0.1) is 0 Å². The highest BCUT2D eigenvalue weighted by Crippen LogP contribution is 2.50. The summed E-state index contributed by atoms with van der Waals surface area (Å²) in [5, 5.41) is 0. The second-order valence-corrected chi connectivity index (χ2v) is 8.32. The van der Waals surface area contributed by atoms with Crippen LogP contribution < -0.4 is 0 Å². The maximum absolute atomic E-state index is 13.3. The maximum atomic E-state index is 13.3. The quantitative estimate of drug-likeness (QED) is 0.615. The summed E-state index contributed by atoms with van der Waals surface area (Å²) in [4.78, 5) is 25.7. The molecule has 0 atom stereocenters. The molecule has 3 heteroatoms. The molecule has 5 rings (SSSR count). The molecule has 4 aliphatic rings. The van der Waals surface area contributed by atoms with Gasteiger partial charge in [0.25, 0.3) is 0 Å². The van der Waals surface area contributed by atoms with Gasteiger partial charge in [-0.2, -0.15) is 0 Å². The summed E-state index contributed by atoms with van der Waals surface area (Å²) in [7, 11) is 0. The minimum atomic E-state index is -0.321. The monoisotopic (exact) mass is 402 g/mol. The third-order valence-corrected chi connectivity index (χ3v) is 6.37. The second-order valence-electron chi connectivity index (χ2n) is 7.46. The summed E-state index contributed by atoms with van der Waals surface area (Å²) in [6, 6.07) is 6.13. The summed E-state index contributed by atoms with van der Waals surface area (Å²) >= 11 is 3.62. The first kappa shape index (κ1) is 15.7. The predicted octanol–water partition coefficient (Wildman–Crippen LogP) is 4.93. The van der Waals surface area contributed by atoms with E-state index in [1.54, 1.807) is 12.2 Å². The zero-order chi connectivity index (χ0) is 18.2. The van der Waals surface area contributed by atoms with Gasteiger partial charge in [0.2, 0.25) is 0 Å². The standard InChI is InChI=1S/C23H15BrO2/c1-23(2)17-6-4-7-19(24)15(17)10-16-18(23)11-13-14(22(16)26)9-12-5-3-8-20(25)21(12)13/h3-11H,1-2H3. The maximum Gasteiger partial charge on any atom is 0.194 e. The molecule has 0 heterocycles. The Kier molecular flexibility index (Phi) is 3.03. The zero-order valence-electron chi connectivity index (χ0n) is 14.4. The third-order valence-electron chi connectivity index (χ3n) is 5.67. The van der Waals surface area contributed by atoms with E-state index >= 15 is 0 Å². The molecule has 0 bridgehead atoms. The SMILES string of the molecule is CC1(C)C2=CC3=C4C(=O)C=CC=C4C=C3C(=O)C2=Cc2c(Br)cccc21. The molecule has 0 amide bonds. The Labute approximate surface area is 160 Å². The molecule has 126 valence electrons. The highest BCUT2D eigenvalue weighted by atomic mass is 79.9. The van der Waals surface area contributed by atoms with E-state index in [9.17, 15) is 9.59 Å². The van der Waals surface area contributed by atoms with E-state index in [2.05, 4.69) is 41.9 Å². The van der Waals surface area contributed by atoms with E-state index in [0.29, 0.717) is 11.1 Å². The van der Waals surface area contributed by atoms with Crippen LogP contribution in [-0.2, 0) is 15.0 Å². The van der Waals surface area contributed by atoms with Crippen molar-refractivity contribution < 1.29 is 9.59 Å². The van der Waals surface area contributed by atoms with Crippen molar-refractivity contribution in [3.05, 3.63) is 97.6 Å². The van der Waals surface area contributed by atoms with Crippen molar-refractivity contribution in [1.29, 1.82) is 0 Å². The summed E-state index contributed by atoms with van der Waals surface area (Å²) in [5.41, 5.74) is 6.51. The zero-order valence-corrected chi connectivity index (χ0v) is 16.0. The van der Waals surface area contributed by atoms with Crippen molar-refractivity contribution in [2.24, 2.45) is 0 Å². The number of hydrogen-bond acceptors (Lipinski definition) is 2. The number of benzene rings is 1. The first-order valence-corrected chi connectivity index (χ1v) is 9.36. The number of fused-ring (bicyclic) bond motifs is 4. The van der Waals surface area contributed by atoms with E-state index in [-0.39, 0.29) is 17.0 Å². The molecule has 0 aliphatic heterocycles. The molecule has 4 aliphatic carbocycles. The molecule has 1 aromatic carbocycles. The molecule has 0 N–H and O–H groups in total. The Morgan fingerprint density at radius 3 is 2.62 bits per heavy atom. The fraction of sp³-hybridized carbons (Fsp3) is 0.130. The van der Waals surface area contributed by atoms with Gasteiger partial charge in [-0.05, 0) is 58.2 Å². The molecular formula is C23H15BrO2. The Hall–Kier alpha value is -2.52. The number of carbonyl (C=O) groups is 2. The van der Waals surface area contributed by atoms with E-state index in [0.717, 1.165) is 32.3 Å². The fourth-order valence-corrected chi connectivity index (χ4v) is 4.81. The van der Waals surface area contributed by atoms with Gasteiger partial charge >= 0.3 is 0 Å². The Balaban J connectivity index is 1.84. The number of rotatable bonds is 0. The lowest BCUT2D eigenvalue weighted by molar-refractivity contribution is -0.112. The van der Waals surface area contributed by atoms with Gasteiger partial charge in [0.05, 0.1) is 0 Å². The minimum Gasteiger partial charge on any atom is -0.289 e. The van der Waals surface area contributed by atoms with Gasteiger partial charge in [-0.25, -0.2) is 0 Å². The smallest absolute Gasteiger partial charge is 0.194 e. The van der Waals surface area contributed by atoms with E-state index < -0.39 is 0 Å². The number of Topliss-reactive ketones (excluding diaryl/α,β-unsaturated/α-hetero) is 1. The highest BCUT2D eigenvalue weighted by molar-refractivity contribution is 9.10. The van der Waals surface area contributed by atoms with Crippen molar-refractivity contribution in [2.75, 3.05) is 0 Å². The molecule has 0 fully saturated rings. The molecule has 0 aromatic heterocycles. The van der Waals surface area contributed by atoms with Crippen LogP contribution >= 0.6 is 15.9 Å². The Bertz CT molecular complexity index is 1130. The Morgan fingerprint density at radius 2 is 1.81 bits per heavy atom. The summed E-state index contributed by atoms with van der Waals surface area (Å²) in [6.45, 7) is 4.28. The Morgan fingerprint density at radius 1 is 1.00 bits per heavy atom. The highest BCUT2D eigenvalue weighted by Gasteiger charge is 2.42. The van der Waals surface area contributed by atoms with Gasteiger partial charge < -0.3 is 0 Å². The minimum absolute atomic E-state index is 0.00239. The number of carbonyl (C=O) groups excluding carboxylic acids is 2. The summed E-state index contributed by atoms with van der Waals surface area (Å²) in [6.07, 6.45) is 11.1. The number of halogens is 1. The first-order valence-electron chi connectivity index (χ1n) is 8.57. The second kappa shape index (κ2) is 5.01. The molecular weight excluding hydrogens is 388 g/mol. The van der Waals surface area contributed by atoms with Gasteiger partial charge in [0.15, 0.2) is 11.6 Å². The van der Waals surface area contributed by atoms with Crippen molar-refractivity contribution in [3.8, 4) is 0 Å². The summed E-state index contributed by atoms with van der Waals surface area (Å²) in [5.74, 6) is -0.0276. The normalized spacial score (nSPS) is 22.0. The lowest BCUT2D eigenvalue weighted by Gasteiger charge is -2.38. The van der Waals surface area contributed by atoms with Crippen LogP contribution in [0, 0.1) is 0 Å². The number of hydrogen-bond donors (Lipinski definition) is 0. The van der Waals surface area contributed by atoms with Crippen LogP contribution in [0.3, 0.4) is 0 Å². The van der Waals surface area contributed by atoms with Crippen LogP contribution in [0.4, 0.5) is 0 Å². The fourth-order valence-electron chi connectivity index (χ4n) is 4.33. The van der Waals surface area contributed by atoms with Gasteiger partial charge in [0, 0.05) is 26.6 Å². The molecule has 0 unspecified atom stereocenters. The lowest BCUT2D eigenvalue weighted by Crippen LogP contribution is -2.31. The third kappa shape index (κ3) is 1.87. The summed E-state index contributed by atoms with van der Waals surface area (Å²) < 4.78 is 0.989. The largest absolute Gasteiger partial charge is 0.289 e. The van der Waals surface area contributed by atoms with Gasteiger partial charge in [-0.1, -0.05) is 54.1 Å². The van der Waals surface area contributed by atoms with E-state index in [1.165, 1.54) is 5.56 Å². The van der Waals surface area contributed by atoms with Crippen LogP contribution in [0.1, 0.15) is 25.0 Å².